The molecular formula is C28H23F2NO3. The summed E-state index contributed by atoms with van der Waals surface area (Å²) in [5.41, 5.74) is 3.62. The highest BCUT2D eigenvalue weighted by atomic mass is 19.1. The van der Waals surface area contributed by atoms with Crippen molar-refractivity contribution in [2.24, 2.45) is 0 Å². The Labute approximate surface area is 196 Å². The zero-order valence-electron chi connectivity index (χ0n) is 18.6. The van der Waals surface area contributed by atoms with Crippen molar-refractivity contribution < 1.29 is 23.5 Å². The second-order valence-corrected chi connectivity index (χ2v) is 8.87. The maximum Gasteiger partial charge on any atom is 0.300 e. The van der Waals surface area contributed by atoms with Gasteiger partial charge < -0.3 is 5.11 Å². The van der Waals surface area contributed by atoms with Gasteiger partial charge in [-0.25, -0.2) is 8.78 Å². The van der Waals surface area contributed by atoms with E-state index in [1.54, 1.807) is 24.3 Å². The van der Waals surface area contributed by atoms with Gasteiger partial charge in [0, 0.05) is 11.6 Å². The summed E-state index contributed by atoms with van der Waals surface area (Å²) in [5, 5.41) is 11.3. The number of fused-ring (bicyclic) bond motifs is 1. The molecule has 0 aromatic heterocycles. The maximum absolute atomic E-state index is 14.8. The first-order valence-electron chi connectivity index (χ1n) is 11.3. The molecule has 0 spiro atoms. The quantitative estimate of drug-likeness (QED) is 0.307. The fourth-order valence-corrected chi connectivity index (χ4v) is 4.94. The van der Waals surface area contributed by atoms with Gasteiger partial charge in [-0.15, -0.1) is 0 Å². The summed E-state index contributed by atoms with van der Waals surface area (Å²) >= 11 is 0. The predicted octanol–water partition coefficient (Wildman–Crippen LogP) is 5.78. The molecule has 1 fully saturated rings. The highest BCUT2D eigenvalue weighted by Gasteiger charge is 2.47. The zero-order chi connectivity index (χ0) is 24.0. The Hall–Kier alpha value is -3.80. The number of halogens is 2. The Morgan fingerprint density at radius 3 is 2.47 bits per heavy atom. The van der Waals surface area contributed by atoms with E-state index in [4.69, 9.17) is 0 Å². The molecule has 5 rings (SSSR count). The highest BCUT2D eigenvalue weighted by molar-refractivity contribution is 6.51. The van der Waals surface area contributed by atoms with Crippen molar-refractivity contribution in [1.82, 2.24) is 0 Å². The first-order chi connectivity index (χ1) is 16.3. The number of ketones is 1. The molecule has 1 heterocycles. The number of Topliss-reactive ketones (excluding diaryl/α,β-unsaturated/α-hetero) is 1. The minimum atomic E-state index is -1.10. The molecule has 3 aromatic rings. The van der Waals surface area contributed by atoms with Crippen LogP contribution < -0.4 is 4.90 Å². The van der Waals surface area contributed by atoms with Gasteiger partial charge in [-0.3, -0.25) is 14.5 Å². The monoisotopic (exact) mass is 459 g/mol. The summed E-state index contributed by atoms with van der Waals surface area (Å²) in [6.07, 6.45) is 3.99. The molecule has 1 amide bonds. The van der Waals surface area contributed by atoms with Crippen LogP contribution in [0.2, 0.25) is 0 Å². The Kier molecular flexibility index (Phi) is 5.52. The highest BCUT2D eigenvalue weighted by Crippen LogP contribution is 2.43. The number of carbonyl (C=O) groups is 2. The van der Waals surface area contributed by atoms with Gasteiger partial charge in [0.25, 0.3) is 11.7 Å². The van der Waals surface area contributed by atoms with Crippen LogP contribution in [0, 0.1) is 18.6 Å². The smallest absolute Gasteiger partial charge is 0.300 e. The first kappa shape index (κ1) is 22.0. The molecule has 34 heavy (non-hydrogen) atoms. The summed E-state index contributed by atoms with van der Waals surface area (Å²) in [4.78, 5) is 27.3. The van der Waals surface area contributed by atoms with Gasteiger partial charge in [-0.2, -0.15) is 0 Å². The fraction of sp³-hybridized carbons (Fsp3) is 0.214. The molecule has 3 aromatic carbocycles. The number of hydrogen-bond acceptors (Lipinski definition) is 3. The van der Waals surface area contributed by atoms with E-state index in [9.17, 15) is 23.5 Å². The lowest BCUT2D eigenvalue weighted by Gasteiger charge is -2.26. The molecule has 0 saturated carbocycles. The number of hydrogen-bond donors (Lipinski definition) is 1. The van der Waals surface area contributed by atoms with Crippen molar-refractivity contribution in [3.05, 3.63) is 106 Å². The van der Waals surface area contributed by atoms with E-state index < -0.39 is 29.4 Å². The normalized spacial score (nSPS) is 19.4. The Morgan fingerprint density at radius 2 is 1.71 bits per heavy atom. The number of benzene rings is 3. The second-order valence-electron chi connectivity index (χ2n) is 8.87. The Bertz CT molecular complexity index is 1360. The van der Waals surface area contributed by atoms with Gasteiger partial charge in [0.05, 0.1) is 17.3 Å². The number of aliphatic hydroxyl groups is 1. The van der Waals surface area contributed by atoms with Crippen LogP contribution >= 0.6 is 0 Å². The number of aryl methyl sites for hydroxylation is 3. The van der Waals surface area contributed by atoms with E-state index in [1.807, 2.05) is 25.1 Å². The van der Waals surface area contributed by atoms with Crippen molar-refractivity contribution in [1.29, 1.82) is 0 Å². The number of anilines is 1. The van der Waals surface area contributed by atoms with Crippen LogP contribution in [0.3, 0.4) is 0 Å². The van der Waals surface area contributed by atoms with Gasteiger partial charge in [0.2, 0.25) is 0 Å². The van der Waals surface area contributed by atoms with Gasteiger partial charge in [-0.05, 0) is 67.5 Å². The van der Waals surface area contributed by atoms with E-state index in [0.717, 1.165) is 59.9 Å². The molecule has 1 saturated heterocycles. The molecule has 172 valence electrons. The van der Waals surface area contributed by atoms with Crippen LogP contribution in [-0.4, -0.2) is 16.8 Å². The zero-order valence-corrected chi connectivity index (χ0v) is 18.6. The van der Waals surface area contributed by atoms with Gasteiger partial charge >= 0.3 is 0 Å². The standard InChI is InChI=1S/C28H23F2NO3/c1-16-5-4-8-19(13-16)25-24(26(32)20-10-9-17-6-2-3-7-18(17)14-20)27(33)28(34)31(25)23-15-21(29)11-12-22(23)30/h4-5,8-15,25,32H,2-3,6-7H2,1H3/b26-24-. The number of amides is 1. The third kappa shape index (κ3) is 3.69. The van der Waals surface area contributed by atoms with Gasteiger partial charge in [-0.1, -0.05) is 42.0 Å². The minimum absolute atomic E-state index is 0.143. The van der Waals surface area contributed by atoms with Crippen LogP contribution in [-0.2, 0) is 22.4 Å². The number of nitrogens with zero attached hydrogens (tertiary/aromatic N) is 1. The molecule has 1 aliphatic heterocycles. The third-order valence-electron chi connectivity index (χ3n) is 6.59. The van der Waals surface area contributed by atoms with Crippen molar-refractivity contribution >= 4 is 23.1 Å². The van der Waals surface area contributed by atoms with Crippen LogP contribution in [0.25, 0.3) is 5.76 Å². The number of carbonyl (C=O) groups excluding carboxylic acids is 2. The van der Waals surface area contributed by atoms with E-state index in [1.165, 1.54) is 5.56 Å². The average Bonchev–Trinajstić information content (AvgIpc) is 3.10. The Morgan fingerprint density at radius 1 is 0.941 bits per heavy atom. The summed E-state index contributed by atoms with van der Waals surface area (Å²) in [6, 6.07) is 14.3. The van der Waals surface area contributed by atoms with Crippen molar-refractivity contribution in [2.75, 3.05) is 4.90 Å². The second kappa shape index (κ2) is 8.52. The number of aliphatic hydroxyl groups excluding tert-OH is 1. The van der Waals surface area contributed by atoms with Crippen molar-refractivity contribution in [3.8, 4) is 0 Å². The molecule has 0 bridgehead atoms. The summed E-state index contributed by atoms with van der Waals surface area (Å²) in [7, 11) is 0. The largest absolute Gasteiger partial charge is 0.507 e. The lowest BCUT2D eigenvalue weighted by Crippen LogP contribution is -2.30. The van der Waals surface area contributed by atoms with Crippen LogP contribution in [0.5, 0.6) is 0 Å². The predicted molar refractivity (Wildman–Crippen MR) is 125 cm³/mol. The average molecular weight is 459 g/mol. The molecule has 2 aliphatic rings. The Balaban J connectivity index is 1.73. The molecule has 4 nitrogen and oxygen atoms in total. The first-order valence-corrected chi connectivity index (χ1v) is 11.3. The summed E-state index contributed by atoms with van der Waals surface area (Å²) < 4.78 is 28.8. The molecular weight excluding hydrogens is 436 g/mol. The maximum atomic E-state index is 14.8. The third-order valence-corrected chi connectivity index (χ3v) is 6.59. The molecule has 0 radical (unpaired) electrons. The lowest BCUT2D eigenvalue weighted by molar-refractivity contribution is -0.132. The van der Waals surface area contributed by atoms with Crippen molar-refractivity contribution in [3.63, 3.8) is 0 Å². The summed E-state index contributed by atoms with van der Waals surface area (Å²) in [6.45, 7) is 1.85. The molecule has 1 unspecified atom stereocenters. The molecule has 1 N–H and O–H groups in total. The molecule has 1 aliphatic carbocycles. The molecule has 6 heteroatoms. The van der Waals surface area contributed by atoms with E-state index in [-0.39, 0.29) is 17.0 Å². The van der Waals surface area contributed by atoms with Crippen LogP contribution in [0.4, 0.5) is 14.5 Å². The van der Waals surface area contributed by atoms with Crippen LogP contribution in [0.15, 0.2) is 66.2 Å². The van der Waals surface area contributed by atoms with E-state index in [0.29, 0.717) is 11.1 Å². The van der Waals surface area contributed by atoms with E-state index in [2.05, 4.69) is 0 Å². The van der Waals surface area contributed by atoms with Gasteiger partial charge in [0.15, 0.2) is 0 Å². The fourth-order valence-electron chi connectivity index (χ4n) is 4.94. The lowest BCUT2D eigenvalue weighted by atomic mass is 9.88. The minimum Gasteiger partial charge on any atom is -0.507 e. The number of rotatable bonds is 3. The SMILES string of the molecule is Cc1cccc(C2/C(=C(/O)c3ccc4c(c3)CCCC4)C(=O)C(=O)N2c2cc(F)ccc2F)c1. The van der Waals surface area contributed by atoms with Crippen molar-refractivity contribution in [2.45, 2.75) is 38.6 Å². The van der Waals surface area contributed by atoms with Gasteiger partial charge in [0.1, 0.15) is 17.4 Å². The molecule has 1 atom stereocenters. The van der Waals surface area contributed by atoms with Crippen LogP contribution in [0.1, 0.15) is 46.7 Å². The topological polar surface area (TPSA) is 57.6 Å². The summed E-state index contributed by atoms with van der Waals surface area (Å²) in [5.74, 6) is -3.86. The van der Waals surface area contributed by atoms with E-state index >= 15 is 0 Å².